The number of sulfonamides is 1. The third-order valence-corrected chi connectivity index (χ3v) is 5.72. The molecule has 3 rings (SSSR count). The Bertz CT molecular complexity index is 1280. The van der Waals surface area contributed by atoms with Crippen LogP contribution in [0.1, 0.15) is 28.4 Å². The summed E-state index contributed by atoms with van der Waals surface area (Å²) in [6.07, 6.45) is 3.17. The summed E-state index contributed by atoms with van der Waals surface area (Å²) < 4.78 is 36.4. The van der Waals surface area contributed by atoms with Crippen molar-refractivity contribution in [1.29, 1.82) is 0 Å². The number of carbonyl (C=O) groups is 1. The first-order valence-electron chi connectivity index (χ1n) is 9.85. The molecule has 1 aromatic heterocycles. The Morgan fingerprint density at radius 2 is 1.84 bits per heavy atom. The second kappa shape index (κ2) is 9.41. The Balaban J connectivity index is 2.17. The van der Waals surface area contributed by atoms with E-state index in [9.17, 15) is 13.2 Å². The summed E-state index contributed by atoms with van der Waals surface area (Å²) in [7, 11) is -0.290. The van der Waals surface area contributed by atoms with Gasteiger partial charge in [-0.2, -0.15) is 0 Å². The van der Waals surface area contributed by atoms with Crippen LogP contribution in [0.2, 0.25) is 0 Å². The van der Waals surface area contributed by atoms with Gasteiger partial charge in [0.1, 0.15) is 0 Å². The van der Waals surface area contributed by atoms with E-state index in [-0.39, 0.29) is 12.1 Å². The van der Waals surface area contributed by atoms with Gasteiger partial charge in [-0.1, -0.05) is 19.1 Å². The molecule has 0 aliphatic carbocycles. The standard InChI is InChI=1S/C22H26N4O5S/c1-5-14-13(11-25-32(4,28)29)7-6-8-17(14)26-21-15-9-19(30-2)20(31-3)10-18(15)24-12-16(21)22(23)27/h6-10,12,25H,5,11H2,1-4H3,(H2,23,27)(H,24,26). The normalized spacial score (nSPS) is 11.4. The van der Waals surface area contributed by atoms with Crippen LogP contribution in [0.5, 0.6) is 11.5 Å². The highest BCUT2D eigenvalue weighted by atomic mass is 32.2. The Labute approximate surface area is 187 Å². The Morgan fingerprint density at radius 1 is 1.16 bits per heavy atom. The van der Waals surface area contributed by atoms with Gasteiger partial charge in [-0.05, 0) is 29.7 Å². The number of anilines is 2. The Kier molecular flexibility index (Phi) is 6.85. The topological polar surface area (TPSA) is 133 Å². The summed E-state index contributed by atoms with van der Waals surface area (Å²) in [5.74, 6) is 0.353. The molecule has 0 radical (unpaired) electrons. The first-order valence-corrected chi connectivity index (χ1v) is 11.7. The molecule has 0 spiro atoms. The highest BCUT2D eigenvalue weighted by Crippen LogP contribution is 2.37. The molecule has 10 heteroatoms. The number of pyridine rings is 1. The lowest BCUT2D eigenvalue weighted by Crippen LogP contribution is -2.22. The van der Waals surface area contributed by atoms with Crippen molar-refractivity contribution in [1.82, 2.24) is 9.71 Å². The molecular formula is C22H26N4O5S. The fraction of sp³-hybridized carbons (Fsp3) is 0.273. The van der Waals surface area contributed by atoms with E-state index >= 15 is 0 Å². The van der Waals surface area contributed by atoms with Gasteiger partial charge in [0, 0.05) is 29.9 Å². The summed E-state index contributed by atoms with van der Waals surface area (Å²) in [6.45, 7) is 2.13. The molecule has 170 valence electrons. The van der Waals surface area contributed by atoms with Gasteiger partial charge in [0.2, 0.25) is 10.0 Å². The number of benzene rings is 2. The van der Waals surface area contributed by atoms with Crippen LogP contribution in [0.3, 0.4) is 0 Å². The number of primary amides is 1. The zero-order chi connectivity index (χ0) is 23.5. The van der Waals surface area contributed by atoms with E-state index in [1.807, 2.05) is 25.1 Å². The predicted molar refractivity (Wildman–Crippen MR) is 124 cm³/mol. The molecular weight excluding hydrogens is 432 g/mol. The van der Waals surface area contributed by atoms with Crippen molar-refractivity contribution in [2.75, 3.05) is 25.8 Å². The van der Waals surface area contributed by atoms with Crippen LogP contribution in [0.25, 0.3) is 10.9 Å². The van der Waals surface area contributed by atoms with E-state index < -0.39 is 15.9 Å². The third kappa shape index (κ3) is 4.92. The number of rotatable bonds is 9. The van der Waals surface area contributed by atoms with E-state index in [0.717, 1.165) is 23.1 Å². The predicted octanol–water partition coefficient (Wildman–Crippen LogP) is 2.71. The number of nitrogens with one attached hydrogen (secondary N) is 2. The summed E-state index contributed by atoms with van der Waals surface area (Å²) in [5.41, 5.74) is 9.36. The second-order valence-electron chi connectivity index (χ2n) is 7.15. The summed E-state index contributed by atoms with van der Waals surface area (Å²) >= 11 is 0. The summed E-state index contributed by atoms with van der Waals surface area (Å²) in [6, 6.07) is 8.99. The van der Waals surface area contributed by atoms with Crippen molar-refractivity contribution in [2.24, 2.45) is 5.73 Å². The monoisotopic (exact) mass is 458 g/mol. The van der Waals surface area contributed by atoms with Crippen molar-refractivity contribution in [3.63, 3.8) is 0 Å². The fourth-order valence-corrected chi connectivity index (χ4v) is 3.94. The highest BCUT2D eigenvalue weighted by molar-refractivity contribution is 7.88. The first kappa shape index (κ1) is 23.3. The average molecular weight is 459 g/mol. The molecule has 1 heterocycles. The molecule has 0 bridgehead atoms. The van der Waals surface area contributed by atoms with Crippen LogP contribution in [0, 0.1) is 0 Å². The number of ether oxygens (including phenoxy) is 2. The van der Waals surface area contributed by atoms with Crippen LogP contribution in [0.15, 0.2) is 36.5 Å². The Morgan fingerprint density at radius 3 is 2.44 bits per heavy atom. The lowest BCUT2D eigenvalue weighted by atomic mass is 10.0. The largest absolute Gasteiger partial charge is 0.493 e. The van der Waals surface area contributed by atoms with Gasteiger partial charge in [-0.3, -0.25) is 9.78 Å². The molecule has 0 atom stereocenters. The number of hydrogen-bond donors (Lipinski definition) is 3. The zero-order valence-electron chi connectivity index (χ0n) is 18.4. The van der Waals surface area contributed by atoms with E-state index in [4.69, 9.17) is 15.2 Å². The number of carbonyl (C=O) groups excluding carboxylic acids is 1. The van der Waals surface area contributed by atoms with Gasteiger partial charge >= 0.3 is 0 Å². The van der Waals surface area contributed by atoms with Crippen LogP contribution < -0.4 is 25.2 Å². The maximum absolute atomic E-state index is 12.2. The van der Waals surface area contributed by atoms with E-state index in [0.29, 0.717) is 34.5 Å². The Hall–Kier alpha value is -3.37. The molecule has 0 aliphatic heterocycles. The fourth-order valence-electron chi connectivity index (χ4n) is 3.52. The van der Waals surface area contributed by atoms with Gasteiger partial charge in [0.25, 0.3) is 5.91 Å². The van der Waals surface area contributed by atoms with Gasteiger partial charge in [-0.25, -0.2) is 13.1 Å². The van der Waals surface area contributed by atoms with Gasteiger partial charge in [0.05, 0.1) is 37.2 Å². The minimum Gasteiger partial charge on any atom is -0.493 e. The molecule has 32 heavy (non-hydrogen) atoms. The lowest BCUT2D eigenvalue weighted by Gasteiger charge is -2.19. The van der Waals surface area contributed by atoms with E-state index in [1.165, 1.54) is 20.4 Å². The molecule has 0 unspecified atom stereocenters. The van der Waals surface area contributed by atoms with Crippen molar-refractivity contribution in [3.05, 3.63) is 53.2 Å². The van der Waals surface area contributed by atoms with Crippen molar-refractivity contribution >= 4 is 38.2 Å². The molecule has 9 nitrogen and oxygen atoms in total. The number of aromatic nitrogens is 1. The minimum absolute atomic E-state index is 0.155. The minimum atomic E-state index is -3.35. The summed E-state index contributed by atoms with van der Waals surface area (Å²) in [5, 5.41) is 3.95. The molecule has 0 fully saturated rings. The molecule has 2 aromatic carbocycles. The number of amides is 1. The number of methoxy groups -OCH3 is 2. The van der Waals surface area contributed by atoms with Gasteiger partial charge < -0.3 is 20.5 Å². The maximum Gasteiger partial charge on any atom is 0.252 e. The third-order valence-electron chi connectivity index (χ3n) is 5.05. The lowest BCUT2D eigenvalue weighted by molar-refractivity contribution is 0.100. The number of fused-ring (bicyclic) bond motifs is 1. The molecule has 1 amide bonds. The number of nitrogens with two attached hydrogens (primary N) is 1. The van der Waals surface area contributed by atoms with Gasteiger partial charge in [0.15, 0.2) is 11.5 Å². The average Bonchev–Trinajstić information content (AvgIpc) is 2.76. The van der Waals surface area contributed by atoms with Crippen molar-refractivity contribution in [3.8, 4) is 11.5 Å². The molecule has 0 aliphatic rings. The molecule has 3 aromatic rings. The maximum atomic E-state index is 12.2. The zero-order valence-corrected chi connectivity index (χ0v) is 19.2. The number of hydrogen-bond acceptors (Lipinski definition) is 7. The molecule has 0 saturated heterocycles. The quantitative estimate of drug-likeness (QED) is 0.449. The molecule has 0 saturated carbocycles. The first-order chi connectivity index (χ1) is 15.2. The van der Waals surface area contributed by atoms with Crippen molar-refractivity contribution in [2.45, 2.75) is 19.9 Å². The van der Waals surface area contributed by atoms with E-state index in [1.54, 1.807) is 12.1 Å². The SMILES string of the molecule is CCc1c(CNS(C)(=O)=O)cccc1Nc1c(C(N)=O)cnc2cc(OC)c(OC)cc12. The van der Waals surface area contributed by atoms with Crippen LogP contribution in [0.4, 0.5) is 11.4 Å². The van der Waals surface area contributed by atoms with Crippen LogP contribution in [-0.2, 0) is 23.0 Å². The molecule has 4 N–H and O–H groups in total. The van der Waals surface area contributed by atoms with Crippen LogP contribution in [-0.4, -0.2) is 39.8 Å². The van der Waals surface area contributed by atoms with E-state index in [2.05, 4.69) is 15.0 Å². The smallest absolute Gasteiger partial charge is 0.252 e. The van der Waals surface area contributed by atoms with Crippen molar-refractivity contribution < 1.29 is 22.7 Å². The number of nitrogens with zero attached hydrogens (tertiary/aromatic N) is 1. The van der Waals surface area contributed by atoms with Crippen LogP contribution >= 0.6 is 0 Å². The summed E-state index contributed by atoms with van der Waals surface area (Å²) in [4.78, 5) is 16.5. The van der Waals surface area contributed by atoms with Gasteiger partial charge in [-0.15, -0.1) is 0 Å². The second-order valence-corrected chi connectivity index (χ2v) is 8.98. The highest BCUT2D eigenvalue weighted by Gasteiger charge is 2.18.